The summed E-state index contributed by atoms with van der Waals surface area (Å²) in [6.07, 6.45) is -4.86. The van der Waals surface area contributed by atoms with Crippen LogP contribution in [0.25, 0.3) is 5.69 Å². The summed E-state index contributed by atoms with van der Waals surface area (Å²) in [6.45, 7) is 0. The Morgan fingerprint density at radius 2 is 1.86 bits per heavy atom. The van der Waals surface area contributed by atoms with Gasteiger partial charge in [0.15, 0.2) is 5.69 Å². The predicted molar refractivity (Wildman–Crippen MR) is 70.8 cm³/mol. The number of hydrogen-bond donors (Lipinski definition) is 1. The summed E-state index contributed by atoms with van der Waals surface area (Å²) >= 11 is 5.47. The highest BCUT2D eigenvalue weighted by atomic mass is 35.5. The lowest BCUT2D eigenvalue weighted by atomic mass is 10.3. The van der Waals surface area contributed by atoms with Crippen LogP contribution >= 0.6 is 11.6 Å². The average molecular weight is 320 g/mol. The lowest BCUT2D eigenvalue weighted by molar-refractivity contribution is -0.141. The van der Waals surface area contributed by atoms with Crippen LogP contribution in [0.5, 0.6) is 5.75 Å². The number of aromatic nitrogens is 2. The van der Waals surface area contributed by atoms with E-state index in [-0.39, 0.29) is 5.69 Å². The van der Waals surface area contributed by atoms with Crippen molar-refractivity contribution in [2.75, 3.05) is 12.8 Å². The average Bonchev–Trinajstić information content (AvgIpc) is 2.42. The fourth-order valence-electron chi connectivity index (χ4n) is 1.69. The molecule has 0 spiro atoms. The molecule has 0 bridgehead atoms. The second-order valence-electron chi connectivity index (χ2n) is 3.97. The van der Waals surface area contributed by atoms with Gasteiger partial charge in [0.1, 0.15) is 10.8 Å². The molecule has 2 rings (SSSR count). The van der Waals surface area contributed by atoms with Crippen molar-refractivity contribution in [2.24, 2.45) is 0 Å². The lowest BCUT2D eigenvalue weighted by Gasteiger charge is -2.13. The van der Waals surface area contributed by atoms with Crippen LogP contribution in [-0.2, 0) is 6.18 Å². The summed E-state index contributed by atoms with van der Waals surface area (Å²) in [5.41, 5.74) is 3.08. The van der Waals surface area contributed by atoms with E-state index in [9.17, 15) is 18.0 Å². The van der Waals surface area contributed by atoms with Gasteiger partial charge in [-0.1, -0.05) is 11.6 Å². The summed E-state index contributed by atoms with van der Waals surface area (Å²) in [7, 11) is 1.45. The van der Waals surface area contributed by atoms with Crippen molar-refractivity contribution in [3.8, 4) is 11.4 Å². The Balaban J connectivity index is 2.65. The summed E-state index contributed by atoms with van der Waals surface area (Å²) in [5.74, 6) is -0.0989. The van der Waals surface area contributed by atoms with E-state index in [1.807, 2.05) is 0 Å². The molecule has 1 aromatic heterocycles. The molecule has 1 heterocycles. The standard InChI is InChI=1S/C12H9ClF3N3O2/c1-21-7-4-2-6(3-5-7)19-10(20)8(13)9(12(14,15)16)18-11(19)17/h2-5H,1H3,(H2,17,18). The van der Waals surface area contributed by atoms with Gasteiger partial charge < -0.3 is 10.5 Å². The zero-order valence-corrected chi connectivity index (χ0v) is 11.4. The number of benzene rings is 1. The number of anilines is 1. The predicted octanol–water partition coefficient (Wildman–Crippen LogP) is 2.50. The Kier molecular flexibility index (Phi) is 3.82. The van der Waals surface area contributed by atoms with E-state index in [4.69, 9.17) is 22.1 Å². The molecule has 9 heteroatoms. The molecule has 0 atom stereocenters. The summed E-state index contributed by atoms with van der Waals surface area (Å²) in [4.78, 5) is 15.2. The Morgan fingerprint density at radius 3 is 2.33 bits per heavy atom. The van der Waals surface area contributed by atoms with Crippen LogP contribution in [-0.4, -0.2) is 16.7 Å². The molecule has 0 aliphatic carbocycles. The fraction of sp³-hybridized carbons (Fsp3) is 0.167. The Morgan fingerprint density at radius 1 is 1.29 bits per heavy atom. The fourth-order valence-corrected chi connectivity index (χ4v) is 1.92. The van der Waals surface area contributed by atoms with E-state index in [1.54, 1.807) is 0 Å². The maximum Gasteiger partial charge on any atom is 0.435 e. The Labute approximate surface area is 121 Å². The molecule has 0 saturated heterocycles. The first-order chi connectivity index (χ1) is 9.75. The zero-order chi connectivity index (χ0) is 15.8. The van der Waals surface area contributed by atoms with E-state index < -0.39 is 28.4 Å². The van der Waals surface area contributed by atoms with Gasteiger partial charge in [-0.15, -0.1) is 0 Å². The third-order valence-corrected chi connectivity index (χ3v) is 2.99. The number of halogens is 4. The molecule has 0 unspecified atom stereocenters. The quantitative estimate of drug-likeness (QED) is 0.923. The number of ether oxygens (including phenoxy) is 1. The van der Waals surface area contributed by atoms with Crippen molar-refractivity contribution in [2.45, 2.75) is 6.18 Å². The van der Waals surface area contributed by atoms with Crippen LogP contribution < -0.4 is 16.0 Å². The normalized spacial score (nSPS) is 11.5. The molecule has 0 aliphatic rings. The Hall–Kier alpha value is -2.22. The minimum absolute atomic E-state index is 0.224. The number of alkyl halides is 3. The third-order valence-electron chi connectivity index (χ3n) is 2.65. The van der Waals surface area contributed by atoms with E-state index >= 15 is 0 Å². The second kappa shape index (κ2) is 5.28. The van der Waals surface area contributed by atoms with Crippen LogP contribution in [0.3, 0.4) is 0 Å². The highest BCUT2D eigenvalue weighted by molar-refractivity contribution is 6.31. The molecule has 21 heavy (non-hydrogen) atoms. The highest BCUT2D eigenvalue weighted by Gasteiger charge is 2.37. The molecule has 112 valence electrons. The number of methoxy groups -OCH3 is 1. The maximum absolute atomic E-state index is 12.7. The smallest absolute Gasteiger partial charge is 0.435 e. The van der Waals surface area contributed by atoms with Gasteiger partial charge in [-0.05, 0) is 24.3 Å². The monoisotopic (exact) mass is 319 g/mol. The van der Waals surface area contributed by atoms with E-state index in [1.165, 1.54) is 31.4 Å². The van der Waals surface area contributed by atoms with Crippen molar-refractivity contribution in [3.63, 3.8) is 0 Å². The van der Waals surface area contributed by atoms with Gasteiger partial charge in [-0.25, -0.2) is 9.55 Å². The van der Waals surface area contributed by atoms with Crippen LogP contribution in [0.4, 0.5) is 19.1 Å². The highest BCUT2D eigenvalue weighted by Crippen LogP contribution is 2.32. The third kappa shape index (κ3) is 2.80. The van der Waals surface area contributed by atoms with Gasteiger partial charge >= 0.3 is 6.18 Å². The second-order valence-corrected chi connectivity index (χ2v) is 4.35. The van der Waals surface area contributed by atoms with Crippen LogP contribution in [0.15, 0.2) is 29.1 Å². The molecule has 0 fully saturated rings. The summed E-state index contributed by atoms with van der Waals surface area (Å²) in [5, 5.41) is -1.03. The topological polar surface area (TPSA) is 70.1 Å². The molecule has 0 aliphatic heterocycles. The lowest BCUT2D eigenvalue weighted by Crippen LogP contribution is -2.27. The molecule has 0 amide bonds. The first-order valence-electron chi connectivity index (χ1n) is 5.55. The molecular weight excluding hydrogens is 311 g/mol. The molecular formula is C12H9ClF3N3O2. The minimum atomic E-state index is -4.86. The molecule has 5 nitrogen and oxygen atoms in total. The maximum atomic E-state index is 12.7. The van der Waals surface area contributed by atoms with Gasteiger partial charge in [0.2, 0.25) is 5.95 Å². The summed E-state index contributed by atoms with van der Waals surface area (Å²) < 4.78 is 43.8. The van der Waals surface area contributed by atoms with Gasteiger partial charge in [0, 0.05) is 0 Å². The van der Waals surface area contributed by atoms with Crippen molar-refractivity contribution in [1.29, 1.82) is 0 Å². The van der Waals surface area contributed by atoms with Crippen molar-refractivity contribution in [1.82, 2.24) is 9.55 Å². The molecule has 2 N–H and O–H groups in total. The van der Waals surface area contributed by atoms with E-state index in [0.29, 0.717) is 5.75 Å². The summed E-state index contributed by atoms with van der Waals surface area (Å²) in [6, 6.07) is 5.93. The van der Waals surface area contributed by atoms with Crippen molar-refractivity contribution in [3.05, 3.63) is 45.3 Å². The molecule has 2 aromatic rings. The molecule has 0 radical (unpaired) electrons. The van der Waals surface area contributed by atoms with E-state index in [0.717, 1.165) is 4.57 Å². The number of nitrogens with two attached hydrogens (primary N) is 1. The minimum Gasteiger partial charge on any atom is -0.497 e. The first-order valence-corrected chi connectivity index (χ1v) is 5.93. The number of hydrogen-bond acceptors (Lipinski definition) is 4. The first kappa shape index (κ1) is 15.2. The van der Waals surface area contributed by atoms with Gasteiger partial charge in [0.05, 0.1) is 12.8 Å². The van der Waals surface area contributed by atoms with Gasteiger partial charge in [-0.3, -0.25) is 4.79 Å². The number of nitrogen functional groups attached to an aromatic ring is 1. The van der Waals surface area contributed by atoms with Gasteiger partial charge in [-0.2, -0.15) is 13.2 Å². The van der Waals surface area contributed by atoms with Gasteiger partial charge in [0.25, 0.3) is 5.56 Å². The largest absolute Gasteiger partial charge is 0.497 e. The number of nitrogens with zero attached hydrogens (tertiary/aromatic N) is 2. The van der Waals surface area contributed by atoms with Crippen molar-refractivity contribution >= 4 is 17.5 Å². The van der Waals surface area contributed by atoms with Crippen LogP contribution in [0.2, 0.25) is 5.02 Å². The Bertz CT molecular complexity index is 726. The zero-order valence-electron chi connectivity index (χ0n) is 10.6. The number of rotatable bonds is 2. The molecule has 0 saturated carbocycles. The SMILES string of the molecule is COc1ccc(-n2c(N)nc(C(F)(F)F)c(Cl)c2=O)cc1. The van der Waals surface area contributed by atoms with E-state index in [2.05, 4.69) is 4.98 Å². The molecule has 1 aromatic carbocycles. The van der Waals surface area contributed by atoms with Crippen LogP contribution in [0.1, 0.15) is 5.69 Å². The van der Waals surface area contributed by atoms with Crippen molar-refractivity contribution < 1.29 is 17.9 Å². The van der Waals surface area contributed by atoms with Crippen LogP contribution in [0, 0.1) is 0 Å².